The molecule has 0 spiro atoms. The van der Waals surface area contributed by atoms with Crippen molar-refractivity contribution in [1.29, 1.82) is 0 Å². The third kappa shape index (κ3) is 3.49. The predicted octanol–water partition coefficient (Wildman–Crippen LogP) is 0.726. The molecule has 3 rings (SSSR count). The van der Waals surface area contributed by atoms with E-state index in [1.165, 1.54) is 4.57 Å². The van der Waals surface area contributed by atoms with Gasteiger partial charge in [-0.25, -0.2) is 4.79 Å². The second-order valence-electron chi connectivity index (χ2n) is 6.53. The number of aromatic hydroxyl groups is 1. The number of hydrogen-bond acceptors (Lipinski definition) is 6. The summed E-state index contributed by atoms with van der Waals surface area (Å²) in [6.07, 6.45) is 0.585. The molecule has 0 fully saturated rings. The number of amides is 1. The Labute approximate surface area is 164 Å². The minimum Gasteiger partial charge on any atom is -0.506 e. The molecule has 2 aromatic heterocycles. The molecule has 3 aromatic rings. The fraction of sp³-hybridized carbons (Fsp3) is 0.200. The molecule has 0 radical (unpaired) electrons. The molecule has 150 valence electrons. The van der Waals surface area contributed by atoms with Gasteiger partial charge in [0.05, 0.1) is 18.2 Å². The molecule has 2 heterocycles. The molecule has 0 aliphatic carbocycles. The van der Waals surface area contributed by atoms with E-state index in [1.54, 1.807) is 37.4 Å². The van der Waals surface area contributed by atoms with E-state index in [4.69, 9.17) is 5.73 Å². The highest BCUT2D eigenvalue weighted by atomic mass is 16.5. The maximum Gasteiger partial charge on any atom is 0.343 e. The van der Waals surface area contributed by atoms with Crippen LogP contribution in [0, 0.1) is 0 Å². The first-order valence-electron chi connectivity index (χ1n) is 8.66. The lowest BCUT2D eigenvalue weighted by atomic mass is 9.87. The number of primary amides is 1. The number of fused-ring (bicyclic) bond motifs is 1. The molecule has 1 aromatic carbocycles. The molecule has 0 aliphatic heterocycles. The Hall–Kier alpha value is -3.88. The number of aromatic nitrogens is 2. The zero-order chi connectivity index (χ0) is 21.3. The number of para-hydroxylation sites is 1. The average molecular weight is 397 g/mol. The largest absolute Gasteiger partial charge is 0.506 e. The molecular formula is C20H19N3O6. The highest BCUT2D eigenvalue weighted by Crippen LogP contribution is 2.33. The molecule has 9 nitrogen and oxygen atoms in total. The minimum atomic E-state index is -1.16. The van der Waals surface area contributed by atoms with Gasteiger partial charge in [0.1, 0.15) is 11.3 Å². The van der Waals surface area contributed by atoms with Crippen LogP contribution in [0.15, 0.2) is 46.1 Å². The van der Waals surface area contributed by atoms with Gasteiger partial charge in [0.15, 0.2) is 0 Å². The Morgan fingerprint density at radius 1 is 1.28 bits per heavy atom. The molecule has 9 heteroatoms. The van der Waals surface area contributed by atoms with E-state index in [-0.39, 0.29) is 16.7 Å². The average Bonchev–Trinajstić information content (AvgIpc) is 2.69. The molecule has 1 atom stereocenters. The summed E-state index contributed by atoms with van der Waals surface area (Å²) in [5.74, 6) is -3.50. The van der Waals surface area contributed by atoms with Crippen molar-refractivity contribution in [1.82, 2.24) is 9.55 Å². The lowest BCUT2D eigenvalue weighted by Gasteiger charge is -2.19. The smallest absolute Gasteiger partial charge is 0.343 e. The highest BCUT2D eigenvalue weighted by Gasteiger charge is 2.29. The Bertz CT molecular complexity index is 1240. The fourth-order valence-corrected chi connectivity index (χ4v) is 3.39. The van der Waals surface area contributed by atoms with Crippen molar-refractivity contribution in [2.24, 2.45) is 12.8 Å². The van der Waals surface area contributed by atoms with E-state index in [2.05, 4.69) is 9.72 Å². The molecular weight excluding hydrogens is 378 g/mol. The number of nitrogens with one attached hydrogen (secondary N) is 1. The van der Waals surface area contributed by atoms with Crippen LogP contribution in [0.25, 0.3) is 10.9 Å². The summed E-state index contributed by atoms with van der Waals surface area (Å²) in [7, 11) is 2.68. The summed E-state index contributed by atoms with van der Waals surface area (Å²) < 4.78 is 5.98. The van der Waals surface area contributed by atoms with Crippen molar-refractivity contribution < 1.29 is 19.4 Å². The first-order valence-corrected chi connectivity index (χ1v) is 8.66. The van der Waals surface area contributed by atoms with Crippen molar-refractivity contribution in [2.45, 2.75) is 12.3 Å². The zero-order valence-corrected chi connectivity index (χ0v) is 15.8. The van der Waals surface area contributed by atoms with Gasteiger partial charge in [-0.15, -0.1) is 0 Å². The number of methoxy groups -OCH3 is 1. The lowest BCUT2D eigenvalue weighted by molar-refractivity contribution is -0.118. The molecule has 0 saturated heterocycles. The number of nitrogens with zero attached hydrogens (tertiary/aromatic N) is 1. The molecule has 0 aliphatic rings. The van der Waals surface area contributed by atoms with Crippen LogP contribution in [0.3, 0.4) is 0 Å². The van der Waals surface area contributed by atoms with Crippen LogP contribution in [-0.4, -0.2) is 33.6 Å². The fourth-order valence-electron chi connectivity index (χ4n) is 3.39. The van der Waals surface area contributed by atoms with Crippen molar-refractivity contribution in [3.63, 3.8) is 0 Å². The summed E-state index contributed by atoms with van der Waals surface area (Å²) in [4.78, 5) is 51.5. The summed E-state index contributed by atoms with van der Waals surface area (Å²) in [6.45, 7) is 0. The van der Waals surface area contributed by atoms with Crippen LogP contribution >= 0.6 is 0 Å². The third-order valence-electron chi connectivity index (χ3n) is 4.80. The molecule has 0 saturated carbocycles. The standard InChI is InChI=1S/C20H19N3O6/c1-23-14-6-4-3-5-10(14)7-12(19(23)27)11(8-15(21)24)16-17(25)13(20(28)29-2)9-22-18(16)26/h3-7,9,11H,8H2,1-2H3,(H2,21,24)(H2,22,25,26)/t11-/m1/s1. The number of ether oxygens (including phenoxy) is 1. The van der Waals surface area contributed by atoms with Gasteiger partial charge in [-0.05, 0) is 17.5 Å². The molecule has 29 heavy (non-hydrogen) atoms. The van der Waals surface area contributed by atoms with Crippen molar-refractivity contribution >= 4 is 22.8 Å². The molecule has 1 amide bonds. The van der Waals surface area contributed by atoms with Crippen molar-refractivity contribution in [3.05, 3.63) is 73.9 Å². The number of hydrogen-bond donors (Lipinski definition) is 3. The Morgan fingerprint density at radius 3 is 2.62 bits per heavy atom. The van der Waals surface area contributed by atoms with Gasteiger partial charge in [-0.1, -0.05) is 18.2 Å². The van der Waals surface area contributed by atoms with E-state index in [0.717, 1.165) is 13.3 Å². The number of carbonyl (C=O) groups excluding carboxylic acids is 2. The van der Waals surface area contributed by atoms with E-state index in [9.17, 15) is 24.3 Å². The van der Waals surface area contributed by atoms with Gasteiger partial charge in [-0.2, -0.15) is 0 Å². The van der Waals surface area contributed by atoms with Crippen LogP contribution in [0.5, 0.6) is 5.75 Å². The Kier molecular flexibility index (Phi) is 5.22. The number of pyridine rings is 2. The van der Waals surface area contributed by atoms with Gasteiger partial charge < -0.3 is 25.1 Å². The molecule has 4 N–H and O–H groups in total. The van der Waals surface area contributed by atoms with Gasteiger partial charge in [-0.3, -0.25) is 14.4 Å². The lowest BCUT2D eigenvalue weighted by Crippen LogP contribution is -2.30. The summed E-state index contributed by atoms with van der Waals surface area (Å²) >= 11 is 0. The monoisotopic (exact) mass is 397 g/mol. The van der Waals surface area contributed by atoms with E-state index < -0.39 is 41.1 Å². The zero-order valence-electron chi connectivity index (χ0n) is 15.8. The van der Waals surface area contributed by atoms with Gasteiger partial charge in [0.25, 0.3) is 11.1 Å². The van der Waals surface area contributed by atoms with E-state index in [1.807, 2.05) is 0 Å². The molecule has 0 bridgehead atoms. The number of carbonyl (C=O) groups is 2. The highest BCUT2D eigenvalue weighted by molar-refractivity contribution is 5.92. The SMILES string of the molecule is COC(=O)c1c[nH]c(=O)c([C@H](CC(N)=O)c2cc3ccccc3n(C)c2=O)c1O. The number of aryl methyl sites for hydroxylation is 1. The summed E-state index contributed by atoms with van der Waals surface area (Å²) in [5, 5.41) is 11.3. The number of esters is 1. The number of H-pyrrole nitrogens is 1. The molecule has 0 unspecified atom stereocenters. The third-order valence-corrected chi connectivity index (χ3v) is 4.80. The summed E-state index contributed by atoms with van der Waals surface area (Å²) in [6, 6.07) is 8.63. The van der Waals surface area contributed by atoms with E-state index >= 15 is 0 Å². The predicted molar refractivity (Wildman–Crippen MR) is 105 cm³/mol. The van der Waals surface area contributed by atoms with Crippen LogP contribution in [0.2, 0.25) is 0 Å². The minimum absolute atomic E-state index is 0.0906. The number of rotatable bonds is 5. The second-order valence-corrected chi connectivity index (χ2v) is 6.53. The first kappa shape index (κ1) is 19.9. The van der Waals surface area contributed by atoms with Crippen LogP contribution in [-0.2, 0) is 16.6 Å². The Morgan fingerprint density at radius 2 is 1.97 bits per heavy atom. The first-order chi connectivity index (χ1) is 13.8. The maximum atomic E-state index is 13.0. The summed E-state index contributed by atoms with van der Waals surface area (Å²) in [5.41, 5.74) is 4.29. The maximum absolute atomic E-state index is 13.0. The van der Waals surface area contributed by atoms with Crippen LogP contribution in [0.4, 0.5) is 0 Å². The van der Waals surface area contributed by atoms with Crippen LogP contribution in [0.1, 0.15) is 33.8 Å². The quantitative estimate of drug-likeness (QED) is 0.541. The van der Waals surface area contributed by atoms with Gasteiger partial charge in [0, 0.05) is 31.1 Å². The van der Waals surface area contributed by atoms with Gasteiger partial charge in [0.2, 0.25) is 5.91 Å². The number of nitrogens with two attached hydrogens (primary N) is 1. The van der Waals surface area contributed by atoms with Crippen molar-refractivity contribution in [2.75, 3.05) is 7.11 Å². The number of aromatic amines is 1. The van der Waals surface area contributed by atoms with Crippen molar-refractivity contribution in [3.8, 4) is 5.75 Å². The van der Waals surface area contributed by atoms with Gasteiger partial charge >= 0.3 is 5.97 Å². The Balaban J connectivity index is 2.35. The number of benzene rings is 1. The normalized spacial score (nSPS) is 11.9. The van der Waals surface area contributed by atoms with E-state index in [0.29, 0.717) is 10.9 Å². The van der Waals surface area contributed by atoms with Crippen LogP contribution < -0.4 is 16.9 Å². The second kappa shape index (κ2) is 7.63. The topological polar surface area (TPSA) is 144 Å².